The number of carbonyl (C=O) groups is 2. The van der Waals surface area contributed by atoms with Gasteiger partial charge in [0.25, 0.3) is 11.7 Å². The molecule has 1 aromatic carbocycles. The maximum absolute atomic E-state index is 11.4. The molecule has 4 heteroatoms. The summed E-state index contributed by atoms with van der Waals surface area (Å²) in [6.07, 6.45) is 3.77. The number of rotatable bonds is 2. The van der Waals surface area contributed by atoms with Crippen molar-refractivity contribution in [2.75, 3.05) is 10.6 Å². The van der Waals surface area contributed by atoms with E-state index >= 15 is 0 Å². The van der Waals surface area contributed by atoms with Crippen LogP contribution in [0.5, 0.6) is 0 Å². The Morgan fingerprint density at radius 2 is 2.13 bits per heavy atom. The Labute approximate surface area is 95.3 Å². The van der Waals surface area contributed by atoms with Crippen molar-refractivity contribution in [2.24, 2.45) is 0 Å². The van der Waals surface area contributed by atoms with Crippen molar-refractivity contribution in [3.05, 3.63) is 35.4 Å². The van der Waals surface area contributed by atoms with Crippen LogP contribution >= 0.6 is 15.9 Å². The highest BCUT2D eigenvalue weighted by atomic mass is 79.9. The van der Waals surface area contributed by atoms with E-state index in [2.05, 4.69) is 21.2 Å². The number of para-hydroxylation sites is 1. The maximum atomic E-state index is 11.4. The van der Waals surface area contributed by atoms with Crippen LogP contribution in [0.4, 0.5) is 5.69 Å². The first-order valence-electron chi connectivity index (χ1n) is 4.45. The lowest BCUT2D eigenvalue weighted by Gasteiger charge is -2.01. The van der Waals surface area contributed by atoms with Gasteiger partial charge in [0.15, 0.2) is 0 Å². The van der Waals surface area contributed by atoms with Gasteiger partial charge in [-0.3, -0.25) is 9.59 Å². The first-order valence-corrected chi connectivity index (χ1v) is 5.57. The number of ketones is 1. The van der Waals surface area contributed by atoms with Gasteiger partial charge in [-0.25, -0.2) is 0 Å². The average molecular weight is 266 g/mol. The van der Waals surface area contributed by atoms with Gasteiger partial charge in [-0.2, -0.15) is 0 Å². The van der Waals surface area contributed by atoms with Gasteiger partial charge in [0.2, 0.25) is 0 Å². The zero-order valence-electron chi connectivity index (χ0n) is 7.79. The highest BCUT2D eigenvalue weighted by Gasteiger charge is 2.28. The number of hydrogen-bond donors (Lipinski definition) is 1. The van der Waals surface area contributed by atoms with E-state index in [0.29, 0.717) is 11.3 Å². The number of amides is 1. The molecule has 0 saturated carbocycles. The highest BCUT2D eigenvalue weighted by molar-refractivity contribution is 9.09. The lowest BCUT2D eigenvalue weighted by atomic mass is 10.1. The second-order valence-electron chi connectivity index (χ2n) is 3.11. The third-order valence-corrected chi connectivity index (χ3v) is 2.55. The van der Waals surface area contributed by atoms with Gasteiger partial charge >= 0.3 is 0 Å². The van der Waals surface area contributed by atoms with Gasteiger partial charge in [0.1, 0.15) is 0 Å². The minimum Gasteiger partial charge on any atom is -0.318 e. The molecule has 1 N–H and O–H groups in total. The first-order chi connectivity index (χ1) is 7.24. The minimum atomic E-state index is -0.551. The van der Waals surface area contributed by atoms with Crippen molar-refractivity contribution < 1.29 is 9.59 Å². The van der Waals surface area contributed by atoms with E-state index in [4.69, 9.17) is 0 Å². The third-order valence-electron chi connectivity index (χ3n) is 2.17. The molecule has 0 spiro atoms. The zero-order chi connectivity index (χ0) is 10.8. The molecule has 0 radical (unpaired) electrons. The van der Waals surface area contributed by atoms with Crippen LogP contribution in [0.15, 0.2) is 24.3 Å². The van der Waals surface area contributed by atoms with E-state index in [0.717, 1.165) is 10.9 Å². The van der Waals surface area contributed by atoms with Gasteiger partial charge in [0.05, 0.1) is 11.3 Å². The summed E-state index contributed by atoms with van der Waals surface area (Å²) in [4.78, 5) is 22.5. The number of fused-ring (bicyclic) bond motifs is 1. The van der Waals surface area contributed by atoms with Crippen molar-refractivity contribution in [1.82, 2.24) is 0 Å². The number of alkyl halides is 1. The van der Waals surface area contributed by atoms with Gasteiger partial charge < -0.3 is 5.32 Å². The lowest BCUT2D eigenvalue weighted by Crippen LogP contribution is -2.12. The predicted octanol–water partition coefficient (Wildman–Crippen LogP) is 2.23. The van der Waals surface area contributed by atoms with Crippen LogP contribution in [0.1, 0.15) is 15.9 Å². The Morgan fingerprint density at radius 3 is 2.87 bits per heavy atom. The molecule has 1 amide bonds. The van der Waals surface area contributed by atoms with Crippen molar-refractivity contribution in [3.63, 3.8) is 0 Å². The topological polar surface area (TPSA) is 46.2 Å². The van der Waals surface area contributed by atoms with Gasteiger partial charge in [0, 0.05) is 5.33 Å². The van der Waals surface area contributed by atoms with Crippen LogP contribution < -0.4 is 5.32 Å². The van der Waals surface area contributed by atoms with Gasteiger partial charge in [-0.1, -0.05) is 40.2 Å². The minimum absolute atomic E-state index is 0.455. The average Bonchev–Trinajstić information content (AvgIpc) is 2.53. The normalized spacial score (nSPS) is 14.5. The van der Waals surface area contributed by atoms with E-state index in [1.54, 1.807) is 12.1 Å². The Bertz CT molecular complexity index is 466. The molecule has 0 bridgehead atoms. The second-order valence-corrected chi connectivity index (χ2v) is 3.76. The maximum Gasteiger partial charge on any atom is 0.296 e. The number of benzene rings is 1. The van der Waals surface area contributed by atoms with Crippen molar-refractivity contribution in [2.45, 2.75) is 0 Å². The molecular formula is C11H8BrNO2. The molecule has 0 saturated heterocycles. The summed E-state index contributed by atoms with van der Waals surface area (Å²) in [5, 5.41) is 3.30. The van der Waals surface area contributed by atoms with E-state index in [-0.39, 0.29) is 0 Å². The molecule has 76 valence electrons. The monoisotopic (exact) mass is 265 g/mol. The summed E-state index contributed by atoms with van der Waals surface area (Å²) >= 11 is 3.27. The molecule has 0 aliphatic carbocycles. The fourth-order valence-electron chi connectivity index (χ4n) is 1.50. The lowest BCUT2D eigenvalue weighted by molar-refractivity contribution is -0.112. The second kappa shape index (κ2) is 3.98. The number of hydrogen-bond acceptors (Lipinski definition) is 2. The SMILES string of the molecule is O=C1Nc2c(C=CCBr)cccc2C1=O. The standard InChI is InChI=1S/C11H8BrNO2/c12-6-2-4-7-3-1-5-8-9(7)13-11(15)10(8)14/h1-5H,6H2,(H,13,14,15). The van der Waals surface area contributed by atoms with Crippen molar-refractivity contribution in [1.29, 1.82) is 0 Å². The molecule has 0 aromatic heterocycles. The predicted molar refractivity (Wildman–Crippen MR) is 62.2 cm³/mol. The van der Waals surface area contributed by atoms with Crippen LogP contribution in [0.2, 0.25) is 0 Å². The molecule has 3 nitrogen and oxygen atoms in total. The number of halogens is 1. The highest BCUT2D eigenvalue weighted by Crippen LogP contribution is 2.27. The van der Waals surface area contributed by atoms with E-state index < -0.39 is 11.7 Å². The molecule has 1 heterocycles. The van der Waals surface area contributed by atoms with Crippen molar-refractivity contribution >= 4 is 39.4 Å². The molecule has 0 unspecified atom stereocenters. The van der Waals surface area contributed by atoms with E-state index in [9.17, 15) is 9.59 Å². The smallest absolute Gasteiger partial charge is 0.296 e. The third kappa shape index (κ3) is 1.72. The molecule has 0 atom stereocenters. The first kappa shape index (κ1) is 10.1. The summed E-state index contributed by atoms with van der Waals surface area (Å²) < 4.78 is 0. The molecule has 1 aliphatic heterocycles. The molecular weight excluding hydrogens is 258 g/mol. The molecule has 1 aliphatic rings. The van der Waals surface area contributed by atoms with Crippen LogP contribution in [-0.2, 0) is 4.79 Å². The number of allylic oxidation sites excluding steroid dienone is 1. The van der Waals surface area contributed by atoms with Crippen LogP contribution in [0.25, 0.3) is 6.08 Å². The molecule has 0 fully saturated rings. The fraction of sp³-hybridized carbons (Fsp3) is 0.0909. The summed E-state index contributed by atoms with van der Waals surface area (Å²) in [5.74, 6) is -1.01. The van der Waals surface area contributed by atoms with Crippen LogP contribution in [-0.4, -0.2) is 17.0 Å². The Kier molecular flexibility index (Phi) is 2.68. The summed E-state index contributed by atoms with van der Waals surface area (Å²) in [5.41, 5.74) is 1.92. The Balaban J connectivity index is 2.49. The quantitative estimate of drug-likeness (QED) is 0.659. The van der Waals surface area contributed by atoms with Crippen LogP contribution in [0, 0.1) is 0 Å². The zero-order valence-corrected chi connectivity index (χ0v) is 9.37. The van der Waals surface area contributed by atoms with E-state index in [1.165, 1.54) is 0 Å². The van der Waals surface area contributed by atoms with Gasteiger partial charge in [-0.05, 0) is 11.6 Å². The summed E-state index contributed by atoms with van der Waals surface area (Å²) in [6.45, 7) is 0. The van der Waals surface area contributed by atoms with E-state index in [1.807, 2.05) is 18.2 Å². The summed E-state index contributed by atoms with van der Waals surface area (Å²) in [6, 6.07) is 5.28. The Morgan fingerprint density at radius 1 is 1.33 bits per heavy atom. The molecule has 15 heavy (non-hydrogen) atoms. The Hall–Kier alpha value is -1.42. The molecule has 2 rings (SSSR count). The van der Waals surface area contributed by atoms with Crippen molar-refractivity contribution in [3.8, 4) is 0 Å². The molecule has 1 aromatic rings. The number of nitrogens with one attached hydrogen (secondary N) is 1. The number of anilines is 1. The summed E-state index contributed by atoms with van der Waals surface area (Å²) in [7, 11) is 0. The number of Topliss-reactive ketones (excluding diaryl/α,β-unsaturated/α-hetero) is 1. The van der Waals surface area contributed by atoms with Crippen LogP contribution in [0.3, 0.4) is 0 Å². The number of carbonyl (C=O) groups excluding carboxylic acids is 2. The largest absolute Gasteiger partial charge is 0.318 e. The van der Waals surface area contributed by atoms with Gasteiger partial charge in [-0.15, -0.1) is 0 Å². The fourth-order valence-corrected chi connectivity index (χ4v) is 1.69.